The normalized spacial score (nSPS) is 12.2. The van der Waals surface area contributed by atoms with Crippen LogP contribution in [0.1, 0.15) is 29.2 Å². The van der Waals surface area contributed by atoms with E-state index in [-0.39, 0.29) is 5.56 Å². The number of imidazole rings is 1. The molecule has 180 valence electrons. The minimum Gasteiger partial charge on any atom is -0.451 e. The largest absolute Gasteiger partial charge is 0.451 e. The van der Waals surface area contributed by atoms with Crippen molar-refractivity contribution >= 4 is 43.0 Å². The molecule has 2 N–H and O–H groups in total. The SMILES string of the molecule is CC(OC(=O)c1cc(-c2ccccc2)c(=O)n2ccc3ccsc3c12)c1ncc[nH]1.CS(=O)(=O)O. The number of fused-ring (bicyclic) bond motifs is 3. The third-order valence-electron chi connectivity index (χ3n) is 5.04. The molecule has 0 amide bonds. The number of benzene rings is 1. The second kappa shape index (κ2) is 9.82. The van der Waals surface area contributed by atoms with Crippen LogP contribution in [0.2, 0.25) is 0 Å². The summed E-state index contributed by atoms with van der Waals surface area (Å²) in [5.74, 6) is 0.0554. The van der Waals surface area contributed by atoms with Crippen LogP contribution in [0.4, 0.5) is 0 Å². The fourth-order valence-electron chi connectivity index (χ4n) is 3.57. The highest BCUT2D eigenvalue weighted by Crippen LogP contribution is 2.30. The molecule has 0 bridgehead atoms. The van der Waals surface area contributed by atoms with E-state index in [2.05, 4.69) is 9.97 Å². The molecule has 0 aliphatic carbocycles. The van der Waals surface area contributed by atoms with Crippen LogP contribution >= 0.6 is 11.3 Å². The molecule has 0 saturated carbocycles. The Kier molecular flexibility index (Phi) is 6.83. The molecule has 1 unspecified atom stereocenters. The summed E-state index contributed by atoms with van der Waals surface area (Å²) in [6.45, 7) is 1.76. The second-order valence-corrected chi connectivity index (χ2v) is 10.0. The highest BCUT2D eigenvalue weighted by molar-refractivity contribution is 7.85. The standard InChI is InChI=1S/C23H17N3O3S.CH4O3S/c1-14(21-24-9-10-25-21)29-23(28)18-13-17(15-5-3-2-4-6-15)22(27)26-11-7-16-8-12-30-20(16)19(18)26;1-5(2,3)4/h2-14H,1H3,(H,24,25);1H3,(H,2,3,4). The van der Waals surface area contributed by atoms with E-state index in [0.717, 1.165) is 15.6 Å². The molecule has 1 atom stereocenters. The van der Waals surface area contributed by atoms with Crippen molar-refractivity contribution in [2.75, 3.05) is 6.26 Å². The van der Waals surface area contributed by atoms with Gasteiger partial charge in [-0.25, -0.2) is 9.78 Å². The highest BCUT2D eigenvalue weighted by atomic mass is 32.2. The molecule has 0 aliphatic heterocycles. The molecule has 5 aromatic rings. The van der Waals surface area contributed by atoms with Crippen molar-refractivity contribution in [2.24, 2.45) is 0 Å². The van der Waals surface area contributed by atoms with Gasteiger partial charge in [-0.05, 0) is 41.5 Å². The van der Waals surface area contributed by atoms with Crippen LogP contribution < -0.4 is 5.56 Å². The highest BCUT2D eigenvalue weighted by Gasteiger charge is 2.22. The van der Waals surface area contributed by atoms with E-state index < -0.39 is 22.2 Å². The van der Waals surface area contributed by atoms with E-state index in [0.29, 0.717) is 28.7 Å². The first-order valence-corrected chi connectivity index (χ1v) is 13.1. The first kappa shape index (κ1) is 24.3. The summed E-state index contributed by atoms with van der Waals surface area (Å²) in [4.78, 5) is 33.7. The number of aromatic nitrogens is 3. The van der Waals surface area contributed by atoms with E-state index in [1.54, 1.807) is 31.6 Å². The lowest BCUT2D eigenvalue weighted by atomic mass is 10.0. The number of H-pyrrole nitrogens is 1. The summed E-state index contributed by atoms with van der Waals surface area (Å²) in [5.41, 5.74) is 1.92. The van der Waals surface area contributed by atoms with Crippen molar-refractivity contribution < 1.29 is 22.5 Å². The van der Waals surface area contributed by atoms with Gasteiger partial charge in [-0.15, -0.1) is 11.3 Å². The number of rotatable bonds is 4. The minimum absolute atomic E-state index is 0.179. The molecule has 35 heavy (non-hydrogen) atoms. The first-order valence-electron chi connectivity index (χ1n) is 10.4. The fourth-order valence-corrected chi connectivity index (χ4v) is 4.51. The van der Waals surface area contributed by atoms with Crippen LogP contribution in [0.5, 0.6) is 0 Å². The van der Waals surface area contributed by atoms with Gasteiger partial charge in [-0.2, -0.15) is 8.42 Å². The number of nitrogens with one attached hydrogen (secondary N) is 1. The van der Waals surface area contributed by atoms with E-state index in [1.165, 1.54) is 15.7 Å². The summed E-state index contributed by atoms with van der Waals surface area (Å²) in [6.07, 6.45) is 5.17. The van der Waals surface area contributed by atoms with Crippen LogP contribution in [-0.2, 0) is 14.9 Å². The molecule has 9 nitrogen and oxygen atoms in total. The summed E-state index contributed by atoms with van der Waals surface area (Å²) in [7, 11) is -3.67. The third-order valence-corrected chi connectivity index (χ3v) is 5.98. The molecule has 11 heteroatoms. The number of carbonyl (C=O) groups is 1. The Morgan fingerprint density at radius 1 is 1.20 bits per heavy atom. The lowest BCUT2D eigenvalue weighted by Crippen LogP contribution is -2.20. The number of nitrogens with zero attached hydrogens (tertiary/aromatic N) is 2. The van der Waals surface area contributed by atoms with Gasteiger partial charge in [0.2, 0.25) is 0 Å². The Bertz CT molecular complexity index is 1650. The third kappa shape index (κ3) is 5.48. The lowest BCUT2D eigenvalue weighted by molar-refractivity contribution is 0.0323. The molecule has 0 spiro atoms. The van der Waals surface area contributed by atoms with Crippen molar-refractivity contribution in [1.82, 2.24) is 14.4 Å². The van der Waals surface area contributed by atoms with Gasteiger partial charge in [0.1, 0.15) is 5.82 Å². The number of pyridine rings is 2. The molecular formula is C24H21N3O6S2. The van der Waals surface area contributed by atoms with Gasteiger partial charge in [-0.3, -0.25) is 13.7 Å². The predicted molar refractivity (Wildman–Crippen MR) is 134 cm³/mol. The summed E-state index contributed by atoms with van der Waals surface area (Å²) in [6, 6.07) is 14.8. The second-order valence-electron chi connectivity index (χ2n) is 7.64. The Hall–Kier alpha value is -3.80. The number of aromatic amines is 1. The van der Waals surface area contributed by atoms with Gasteiger partial charge < -0.3 is 9.72 Å². The molecule has 0 fully saturated rings. The summed E-state index contributed by atoms with van der Waals surface area (Å²) < 4.78 is 34.0. The van der Waals surface area contributed by atoms with Crippen molar-refractivity contribution in [3.63, 3.8) is 0 Å². The zero-order chi connectivity index (χ0) is 25.2. The predicted octanol–water partition coefficient (Wildman–Crippen LogP) is 4.33. The van der Waals surface area contributed by atoms with E-state index in [9.17, 15) is 18.0 Å². The molecule has 1 aromatic carbocycles. The molecular weight excluding hydrogens is 490 g/mol. The quantitative estimate of drug-likeness (QED) is 0.271. The average Bonchev–Trinajstić information content (AvgIpc) is 3.51. The molecule has 5 rings (SSSR count). The molecule has 4 aromatic heterocycles. The number of hydrogen-bond acceptors (Lipinski definition) is 7. The minimum atomic E-state index is -3.67. The van der Waals surface area contributed by atoms with Crippen LogP contribution in [0.15, 0.2) is 77.3 Å². The Balaban J connectivity index is 0.000000527. The smallest absolute Gasteiger partial charge is 0.341 e. The van der Waals surface area contributed by atoms with Crippen LogP contribution in [0.25, 0.3) is 26.7 Å². The summed E-state index contributed by atoms with van der Waals surface area (Å²) in [5, 5.41) is 2.92. The van der Waals surface area contributed by atoms with E-state index in [4.69, 9.17) is 9.29 Å². The maximum atomic E-state index is 13.3. The van der Waals surface area contributed by atoms with Gasteiger partial charge >= 0.3 is 5.97 Å². The lowest BCUT2D eigenvalue weighted by Gasteiger charge is -2.15. The van der Waals surface area contributed by atoms with Gasteiger partial charge in [0.05, 0.1) is 22.0 Å². The monoisotopic (exact) mass is 511 g/mol. The van der Waals surface area contributed by atoms with Crippen LogP contribution in [0, 0.1) is 0 Å². The summed E-state index contributed by atoms with van der Waals surface area (Å²) >= 11 is 1.49. The Morgan fingerprint density at radius 3 is 2.57 bits per heavy atom. The zero-order valence-electron chi connectivity index (χ0n) is 18.7. The molecule has 4 heterocycles. The van der Waals surface area contributed by atoms with E-state index in [1.807, 2.05) is 47.8 Å². The Labute approximate surface area is 204 Å². The van der Waals surface area contributed by atoms with Gasteiger partial charge in [0, 0.05) is 24.2 Å². The van der Waals surface area contributed by atoms with Crippen LogP contribution in [0.3, 0.4) is 0 Å². The first-order chi connectivity index (χ1) is 16.6. The van der Waals surface area contributed by atoms with Crippen molar-refractivity contribution in [2.45, 2.75) is 13.0 Å². The van der Waals surface area contributed by atoms with Crippen molar-refractivity contribution in [1.29, 1.82) is 0 Å². The number of carbonyl (C=O) groups excluding carboxylic acids is 1. The molecule has 0 saturated heterocycles. The average molecular weight is 512 g/mol. The van der Waals surface area contributed by atoms with Gasteiger partial charge in [0.15, 0.2) is 6.10 Å². The van der Waals surface area contributed by atoms with Crippen LogP contribution in [-0.4, -0.2) is 39.6 Å². The topological polar surface area (TPSA) is 131 Å². The van der Waals surface area contributed by atoms with Crippen molar-refractivity contribution in [3.05, 3.63) is 94.2 Å². The van der Waals surface area contributed by atoms with Gasteiger partial charge in [0.25, 0.3) is 15.7 Å². The van der Waals surface area contributed by atoms with Gasteiger partial charge in [-0.1, -0.05) is 30.3 Å². The maximum Gasteiger partial charge on any atom is 0.341 e. The maximum absolute atomic E-state index is 13.3. The van der Waals surface area contributed by atoms with Crippen molar-refractivity contribution in [3.8, 4) is 11.1 Å². The number of ether oxygens (including phenoxy) is 1. The molecule has 0 radical (unpaired) electrons. The molecule has 0 aliphatic rings. The van der Waals surface area contributed by atoms with E-state index >= 15 is 0 Å². The zero-order valence-corrected chi connectivity index (χ0v) is 20.3. The fraction of sp³-hybridized carbons (Fsp3) is 0.125. The number of esters is 1. The number of thiophene rings is 1. The Morgan fingerprint density at radius 2 is 1.91 bits per heavy atom. The number of hydrogen-bond donors (Lipinski definition) is 2.